The lowest BCUT2D eigenvalue weighted by molar-refractivity contribution is -0.143. The minimum atomic E-state index is -1.26. The van der Waals surface area contributed by atoms with Crippen LogP contribution < -0.4 is 5.32 Å². The first-order valence-electron chi connectivity index (χ1n) is 5.81. The van der Waals surface area contributed by atoms with E-state index in [2.05, 4.69) is 14.9 Å². The van der Waals surface area contributed by atoms with Crippen LogP contribution in [0.15, 0.2) is 0 Å². The van der Waals surface area contributed by atoms with Crippen LogP contribution in [0.1, 0.15) is 49.0 Å². The zero-order valence-electron chi connectivity index (χ0n) is 10.7. The summed E-state index contributed by atoms with van der Waals surface area (Å²) in [5, 5.41) is 15.5. The standard InChI is InChI=1S/C11H17N3O3S/c1-4-6-7-8(18-14-13-7)9(15)12-11(3,5-2)10(16)17/h4-6H2,1-3H3,(H,12,15)(H,16,17). The number of nitrogens with zero attached hydrogens (tertiary/aromatic N) is 2. The molecule has 0 aliphatic rings. The lowest BCUT2D eigenvalue weighted by atomic mass is 9.99. The van der Waals surface area contributed by atoms with Crippen molar-refractivity contribution in [2.75, 3.05) is 0 Å². The summed E-state index contributed by atoms with van der Waals surface area (Å²) in [6, 6.07) is 0. The van der Waals surface area contributed by atoms with E-state index in [0.717, 1.165) is 18.0 Å². The van der Waals surface area contributed by atoms with Crippen molar-refractivity contribution in [3.05, 3.63) is 10.6 Å². The number of carboxylic acids is 1. The molecule has 1 amide bonds. The summed E-state index contributed by atoms with van der Waals surface area (Å²) in [5.41, 5.74) is -0.631. The molecule has 0 spiro atoms. The number of carbonyl (C=O) groups is 2. The van der Waals surface area contributed by atoms with Gasteiger partial charge in [0.05, 0.1) is 5.69 Å². The Hall–Kier alpha value is -1.50. The van der Waals surface area contributed by atoms with Crippen LogP contribution in [-0.4, -0.2) is 32.1 Å². The van der Waals surface area contributed by atoms with Crippen molar-refractivity contribution in [3.63, 3.8) is 0 Å². The number of nitrogens with one attached hydrogen (secondary N) is 1. The second-order valence-electron chi connectivity index (χ2n) is 4.24. The first kappa shape index (κ1) is 14.6. The molecule has 18 heavy (non-hydrogen) atoms. The van der Waals surface area contributed by atoms with Crippen LogP contribution in [0.3, 0.4) is 0 Å². The summed E-state index contributed by atoms with van der Waals surface area (Å²) in [4.78, 5) is 23.6. The number of carbonyl (C=O) groups excluding carboxylic acids is 1. The summed E-state index contributed by atoms with van der Waals surface area (Å²) >= 11 is 0.994. The van der Waals surface area contributed by atoms with Crippen molar-refractivity contribution < 1.29 is 14.7 Å². The third-order valence-corrected chi connectivity index (χ3v) is 3.58. The lowest BCUT2D eigenvalue weighted by Crippen LogP contribution is -2.51. The summed E-state index contributed by atoms with van der Waals surface area (Å²) in [5.74, 6) is -1.46. The molecule has 1 heterocycles. The Morgan fingerprint density at radius 1 is 1.44 bits per heavy atom. The molecule has 1 aromatic rings. The number of hydrogen-bond acceptors (Lipinski definition) is 5. The van der Waals surface area contributed by atoms with Gasteiger partial charge in [0, 0.05) is 0 Å². The van der Waals surface area contributed by atoms with Gasteiger partial charge in [-0.25, -0.2) is 4.79 Å². The average molecular weight is 271 g/mol. The Bertz CT molecular complexity index is 446. The van der Waals surface area contributed by atoms with Gasteiger partial charge in [0.25, 0.3) is 5.91 Å². The van der Waals surface area contributed by atoms with Crippen LogP contribution in [0.25, 0.3) is 0 Å². The number of hydrogen-bond donors (Lipinski definition) is 2. The minimum absolute atomic E-state index is 0.309. The van der Waals surface area contributed by atoms with Gasteiger partial charge in [-0.1, -0.05) is 24.8 Å². The van der Waals surface area contributed by atoms with Gasteiger partial charge in [-0.2, -0.15) is 0 Å². The summed E-state index contributed by atoms with van der Waals surface area (Å²) in [7, 11) is 0. The Balaban J connectivity index is 2.88. The lowest BCUT2D eigenvalue weighted by Gasteiger charge is -2.24. The quantitative estimate of drug-likeness (QED) is 0.817. The normalized spacial score (nSPS) is 13.9. The molecule has 0 aliphatic carbocycles. The highest BCUT2D eigenvalue weighted by Crippen LogP contribution is 2.16. The van der Waals surface area contributed by atoms with Crippen LogP contribution in [0.4, 0.5) is 0 Å². The molecule has 0 radical (unpaired) electrons. The highest BCUT2D eigenvalue weighted by Gasteiger charge is 2.34. The van der Waals surface area contributed by atoms with E-state index in [0.29, 0.717) is 23.4 Å². The minimum Gasteiger partial charge on any atom is -0.480 e. The zero-order valence-corrected chi connectivity index (χ0v) is 11.5. The molecular formula is C11H17N3O3S. The van der Waals surface area contributed by atoms with Gasteiger partial charge in [-0.15, -0.1) is 5.10 Å². The molecule has 2 N–H and O–H groups in total. The van der Waals surface area contributed by atoms with Crippen LogP contribution in [0.5, 0.6) is 0 Å². The molecule has 7 heteroatoms. The fourth-order valence-electron chi connectivity index (χ4n) is 1.38. The number of aromatic nitrogens is 2. The second kappa shape index (κ2) is 5.90. The molecule has 0 saturated heterocycles. The Labute approximate surface area is 110 Å². The molecule has 1 atom stereocenters. The van der Waals surface area contributed by atoms with E-state index in [4.69, 9.17) is 5.11 Å². The van der Waals surface area contributed by atoms with Gasteiger partial charge >= 0.3 is 5.97 Å². The second-order valence-corrected chi connectivity index (χ2v) is 5.00. The maximum atomic E-state index is 12.0. The van der Waals surface area contributed by atoms with E-state index in [1.54, 1.807) is 6.92 Å². The molecule has 0 saturated carbocycles. The van der Waals surface area contributed by atoms with Gasteiger partial charge in [0.2, 0.25) is 0 Å². The third kappa shape index (κ3) is 3.04. The Kier molecular flexibility index (Phi) is 4.77. The molecule has 1 aromatic heterocycles. The maximum Gasteiger partial charge on any atom is 0.329 e. The predicted molar refractivity (Wildman–Crippen MR) is 67.7 cm³/mol. The average Bonchev–Trinajstić information content (AvgIpc) is 2.77. The van der Waals surface area contributed by atoms with Crippen molar-refractivity contribution >= 4 is 23.4 Å². The van der Waals surface area contributed by atoms with E-state index in [1.165, 1.54) is 6.92 Å². The van der Waals surface area contributed by atoms with Gasteiger partial charge in [-0.3, -0.25) is 4.79 Å². The van der Waals surface area contributed by atoms with Crippen LogP contribution in [0, 0.1) is 0 Å². The van der Waals surface area contributed by atoms with E-state index in [-0.39, 0.29) is 0 Å². The fraction of sp³-hybridized carbons (Fsp3) is 0.636. The molecule has 0 bridgehead atoms. The van der Waals surface area contributed by atoms with Crippen molar-refractivity contribution in [1.82, 2.24) is 14.9 Å². The van der Waals surface area contributed by atoms with Crippen molar-refractivity contribution in [2.45, 2.75) is 45.6 Å². The monoisotopic (exact) mass is 271 g/mol. The Morgan fingerprint density at radius 2 is 2.11 bits per heavy atom. The first-order valence-corrected chi connectivity index (χ1v) is 6.59. The fourth-order valence-corrected chi connectivity index (χ4v) is 1.99. The maximum absolute atomic E-state index is 12.0. The number of aryl methyl sites for hydroxylation is 1. The zero-order chi connectivity index (χ0) is 13.8. The highest BCUT2D eigenvalue weighted by atomic mass is 32.1. The first-order chi connectivity index (χ1) is 8.44. The molecule has 6 nitrogen and oxygen atoms in total. The van der Waals surface area contributed by atoms with E-state index in [9.17, 15) is 9.59 Å². The molecule has 1 rings (SSSR count). The molecular weight excluding hydrogens is 254 g/mol. The predicted octanol–water partition coefficient (Wildman–Crippen LogP) is 1.47. The van der Waals surface area contributed by atoms with Crippen molar-refractivity contribution in [2.24, 2.45) is 0 Å². The summed E-state index contributed by atoms with van der Waals surface area (Å²) in [6.45, 7) is 5.18. The smallest absolute Gasteiger partial charge is 0.329 e. The van der Waals surface area contributed by atoms with Crippen molar-refractivity contribution in [3.8, 4) is 0 Å². The number of carboxylic acid groups (broad SMARTS) is 1. The van der Waals surface area contributed by atoms with Gasteiger partial charge in [0.15, 0.2) is 0 Å². The summed E-state index contributed by atoms with van der Waals surface area (Å²) in [6.07, 6.45) is 1.83. The van der Waals surface area contributed by atoms with Crippen LogP contribution in [0.2, 0.25) is 0 Å². The molecule has 0 aliphatic heterocycles. The van der Waals surface area contributed by atoms with E-state index in [1.807, 2.05) is 6.92 Å². The van der Waals surface area contributed by atoms with Gasteiger partial charge in [0.1, 0.15) is 10.4 Å². The molecule has 0 fully saturated rings. The van der Waals surface area contributed by atoms with Gasteiger partial charge in [-0.05, 0) is 31.3 Å². The third-order valence-electron chi connectivity index (χ3n) is 2.82. The van der Waals surface area contributed by atoms with Crippen molar-refractivity contribution in [1.29, 1.82) is 0 Å². The number of amides is 1. The molecule has 100 valence electrons. The van der Waals surface area contributed by atoms with Gasteiger partial charge < -0.3 is 10.4 Å². The highest BCUT2D eigenvalue weighted by molar-refractivity contribution is 7.08. The van der Waals surface area contributed by atoms with E-state index >= 15 is 0 Å². The number of rotatable bonds is 6. The van der Waals surface area contributed by atoms with E-state index < -0.39 is 17.4 Å². The molecule has 0 aromatic carbocycles. The summed E-state index contributed by atoms with van der Waals surface area (Å²) < 4.78 is 3.75. The number of aliphatic carboxylic acids is 1. The van der Waals surface area contributed by atoms with Crippen LogP contribution in [-0.2, 0) is 11.2 Å². The Morgan fingerprint density at radius 3 is 2.61 bits per heavy atom. The van der Waals surface area contributed by atoms with Crippen LogP contribution >= 0.6 is 11.5 Å². The molecule has 1 unspecified atom stereocenters. The SMILES string of the molecule is CCCc1nnsc1C(=O)NC(C)(CC)C(=O)O. The largest absolute Gasteiger partial charge is 0.480 e. The topological polar surface area (TPSA) is 92.2 Å².